The summed E-state index contributed by atoms with van der Waals surface area (Å²) in [6.45, 7) is 2.69. The highest BCUT2D eigenvalue weighted by atomic mass is 16.5. The van der Waals surface area contributed by atoms with E-state index in [2.05, 4.69) is 18.0 Å². The molecular formula is C18H29NO2. The summed E-state index contributed by atoms with van der Waals surface area (Å²) in [6, 6.07) is 6.67. The van der Waals surface area contributed by atoms with E-state index in [1.165, 1.54) is 44.1 Å². The molecule has 0 bridgehead atoms. The van der Waals surface area contributed by atoms with E-state index in [0.717, 1.165) is 17.9 Å². The van der Waals surface area contributed by atoms with Crippen LogP contribution in [-0.2, 0) is 6.54 Å². The number of rotatable bonds is 5. The van der Waals surface area contributed by atoms with Gasteiger partial charge in [-0.1, -0.05) is 31.7 Å². The van der Waals surface area contributed by atoms with Crippen molar-refractivity contribution in [2.45, 2.75) is 64.1 Å². The monoisotopic (exact) mass is 291 g/mol. The number of nitrogens with zero attached hydrogens (tertiary/aromatic N) is 1. The highest BCUT2D eigenvalue weighted by Crippen LogP contribution is 2.27. The normalized spacial score (nSPS) is 18.5. The molecule has 1 fully saturated rings. The molecule has 1 aromatic carbocycles. The van der Waals surface area contributed by atoms with Gasteiger partial charge in [-0.2, -0.15) is 0 Å². The van der Waals surface area contributed by atoms with E-state index in [1.54, 1.807) is 14.0 Å². The molecule has 0 radical (unpaired) electrons. The van der Waals surface area contributed by atoms with E-state index < -0.39 is 6.10 Å². The molecule has 0 heterocycles. The Kier molecular flexibility index (Phi) is 6.07. The molecule has 0 saturated heterocycles. The molecule has 3 heteroatoms. The number of benzene rings is 1. The molecule has 1 aromatic rings. The fourth-order valence-corrected chi connectivity index (χ4v) is 3.28. The molecule has 1 saturated carbocycles. The minimum Gasteiger partial charge on any atom is -0.496 e. The summed E-state index contributed by atoms with van der Waals surface area (Å²) in [7, 11) is 3.93. The lowest BCUT2D eigenvalue weighted by Crippen LogP contribution is -2.30. The van der Waals surface area contributed by atoms with Crippen LogP contribution in [0.1, 0.15) is 62.7 Å². The minimum absolute atomic E-state index is 0.433. The molecule has 0 amide bonds. The predicted octanol–water partition coefficient (Wildman–Crippen LogP) is 3.90. The van der Waals surface area contributed by atoms with Crippen LogP contribution in [0.4, 0.5) is 0 Å². The first-order valence-corrected chi connectivity index (χ1v) is 8.17. The van der Waals surface area contributed by atoms with Crippen molar-refractivity contribution in [1.29, 1.82) is 0 Å². The smallest absolute Gasteiger partial charge is 0.123 e. The van der Waals surface area contributed by atoms with Crippen LogP contribution in [0.25, 0.3) is 0 Å². The maximum absolute atomic E-state index is 9.78. The Morgan fingerprint density at radius 1 is 1.24 bits per heavy atom. The summed E-state index contributed by atoms with van der Waals surface area (Å²) in [5.41, 5.74) is 2.13. The molecule has 1 unspecified atom stereocenters. The summed E-state index contributed by atoms with van der Waals surface area (Å²) in [5, 5.41) is 9.78. The van der Waals surface area contributed by atoms with Crippen LogP contribution in [0.2, 0.25) is 0 Å². The second-order valence-electron chi connectivity index (χ2n) is 6.31. The van der Waals surface area contributed by atoms with Gasteiger partial charge in [0, 0.05) is 18.2 Å². The van der Waals surface area contributed by atoms with Crippen LogP contribution in [0.5, 0.6) is 5.75 Å². The van der Waals surface area contributed by atoms with Gasteiger partial charge in [0.2, 0.25) is 0 Å². The van der Waals surface area contributed by atoms with Crippen molar-refractivity contribution in [3.63, 3.8) is 0 Å². The quantitative estimate of drug-likeness (QED) is 0.835. The molecule has 118 valence electrons. The molecule has 3 nitrogen and oxygen atoms in total. The van der Waals surface area contributed by atoms with Gasteiger partial charge in [-0.05, 0) is 44.5 Å². The van der Waals surface area contributed by atoms with E-state index in [1.807, 2.05) is 12.1 Å². The Labute approximate surface area is 128 Å². The first-order chi connectivity index (χ1) is 10.1. The zero-order valence-corrected chi connectivity index (χ0v) is 13.6. The maximum atomic E-state index is 9.78. The maximum Gasteiger partial charge on any atom is 0.123 e. The Bertz CT molecular complexity index is 437. The molecule has 2 rings (SSSR count). The van der Waals surface area contributed by atoms with Gasteiger partial charge >= 0.3 is 0 Å². The molecule has 0 aliphatic heterocycles. The van der Waals surface area contributed by atoms with E-state index in [4.69, 9.17) is 4.74 Å². The van der Waals surface area contributed by atoms with Gasteiger partial charge in [0.1, 0.15) is 5.75 Å². The zero-order valence-electron chi connectivity index (χ0n) is 13.6. The van der Waals surface area contributed by atoms with Crippen molar-refractivity contribution < 1.29 is 9.84 Å². The molecule has 0 aromatic heterocycles. The Morgan fingerprint density at radius 2 is 1.90 bits per heavy atom. The van der Waals surface area contributed by atoms with Crippen LogP contribution < -0.4 is 4.74 Å². The van der Waals surface area contributed by atoms with E-state index in [9.17, 15) is 5.11 Å². The summed E-state index contributed by atoms with van der Waals surface area (Å²) in [5.74, 6) is 0.917. The van der Waals surface area contributed by atoms with Crippen molar-refractivity contribution in [3.05, 3.63) is 29.3 Å². The highest BCUT2D eigenvalue weighted by molar-refractivity contribution is 5.38. The molecule has 1 atom stereocenters. The SMILES string of the molecule is COc1ccc(C(C)O)cc1CN(C)C1CCCCCC1. The summed E-state index contributed by atoms with van der Waals surface area (Å²) < 4.78 is 5.48. The number of methoxy groups -OCH3 is 1. The standard InChI is InChI=1S/C18H29NO2/c1-14(20)15-10-11-18(21-3)16(12-15)13-19(2)17-8-6-4-5-7-9-17/h10-12,14,17,20H,4-9,13H2,1-3H3. The van der Waals surface area contributed by atoms with E-state index >= 15 is 0 Å². The van der Waals surface area contributed by atoms with Gasteiger partial charge in [0.15, 0.2) is 0 Å². The van der Waals surface area contributed by atoms with Crippen molar-refractivity contribution in [2.24, 2.45) is 0 Å². The lowest BCUT2D eigenvalue weighted by atomic mass is 10.0. The van der Waals surface area contributed by atoms with Crippen LogP contribution >= 0.6 is 0 Å². The molecular weight excluding hydrogens is 262 g/mol. The summed E-state index contributed by atoms with van der Waals surface area (Å²) >= 11 is 0. The predicted molar refractivity (Wildman–Crippen MR) is 86.6 cm³/mol. The number of aliphatic hydroxyl groups is 1. The largest absolute Gasteiger partial charge is 0.496 e. The van der Waals surface area contributed by atoms with Gasteiger partial charge in [0.05, 0.1) is 13.2 Å². The van der Waals surface area contributed by atoms with Crippen molar-refractivity contribution in [3.8, 4) is 5.75 Å². The van der Waals surface area contributed by atoms with Crippen LogP contribution in [0, 0.1) is 0 Å². The number of hydrogen-bond acceptors (Lipinski definition) is 3. The molecule has 1 N–H and O–H groups in total. The van der Waals surface area contributed by atoms with Crippen LogP contribution in [-0.4, -0.2) is 30.2 Å². The molecule has 0 spiro atoms. The summed E-state index contributed by atoms with van der Waals surface area (Å²) in [6.07, 6.45) is 7.62. The van der Waals surface area contributed by atoms with Gasteiger partial charge in [-0.3, -0.25) is 4.90 Å². The Hall–Kier alpha value is -1.06. The van der Waals surface area contributed by atoms with Crippen LogP contribution in [0.3, 0.4) is 0 Å². The van der Waals surface area contributed by atoms with Gasteiger partial charge in [-0.25, -0.2) is 0 Å². The van der Waals surface area contributed by atoms with E-state index in [0.29, 0.717) is 6.04 Å². The first kappa shape index (κ1) is 16.3. The number of ether oxygens (including phenoxy) is 1. The van der Waals surface area contributed by atoms with Crippen molar-refractivity contribution >= 4 is 0 Å². The topological polar surface area (TPSA) is 32.7 Å². The Balaban J connectivity index is 2.10. The fraction of sp³-hybridized carbons (Fsp3) is 0.667. The van der Waals surface area contributed by atoms with Gasteiger partial charge in [0.25, 0.3) is 0 Å². The Morgan fingerprint density at radius 3 is 2.48 bits per heavy atom. The third kappa shape index (κ3) is 4.45. The molecule has 21 heavy (non-hydrogen) atoms. The average Bonchev–Trinajstić information content (AvgIpc) is 2.76. The second kappa shape index (κ2) is 7.81. The third-order valence-corrected chi connectivity index (χ3v) is 4.65. The first-order valence-electron chi connectivity index (χ1n) is 8.17. The average molecular weight is 291 g/mol. The van der Waals surface area contributed by atoms with Gasteiger partial charge in [-0.15, -0.1) is 0 Å². The third-order valence-electron chi connectivity index (χ3n) is 4.65. The lowest BCUT2D eigenvalue weighted by Gasteiger charge is -2.28. The fourth-order valence-electron chi connectivity index (χ4n) is 3.28. The molecule has 1 aliphatic carbocycles. The number of hydrogen-bond donors (Lipinski definition) is 1. The lowest BCUT2D eigenvalue weighted by molar-refractivity contribution is 0.197. The highest BCUT2D eigenvalue weighted by Gasteiger charge is 2.18. The van der Waals surface area contributed by atoms with Crippen molar-refractivity contribution in [2.75, 3.05) is 14.2 Å². The minimum atomic E-state index is -0.433. The second-order valence-corrected chi connectivity index (χ2v) is 6.31. The summed E-state index contributed by atoms with van der Waals surface area (Å²) in [4.78, 5) is 2.45. The van der Waals surface area contributed by atoms with Crippen LogP contribution in [0.15, 0.2) is 18.2 Å². The van der Waals surface area contributed by atoms with Crippen molar-refractivity contribution in [1.82, 2.24) is 4.90 Å². The number of aliphatic hydroxyl groups excluding tert-OH is 1. The zero-order chi connectivity index (χ0) is 15.2. The van der Waals surface area contributed by atoms with Gasteiger partial charge < -0.3 is 9.84 Å². The molecule has 1 aliphatic rings. The van der Waals surface area contributed by atoms with E-state index in [-0.39, 0.29) is 0 Å².